The van der Waals surface area contributed by atoms with Crippen LogP contribution in [0.25, 0.3) is 30.6 Å². The topological polar surface area (TPSA) is 43.4 Å². The molecule has 214 valence electrons. The van der Waals surface area contributed by atoms with E-state index in [4.69, 9.17) is 18.9 Å². The van der Waals surface area contributed by atoms with Crippen LogP contribution < -0.4 is 28.7 Å². The van der Waals surface area contributed by atoms with Crippen LogP contribution in [-0.4, -0.2) is 56.6 Å². The van der Waals surface area contributed by atoms with Crippen molar-refractivity contribution in [1.82, 2.24) is 0 Å². The molecule has 40 heavy (non-hydrogen) atoms. The molecule has 0 saturated heterocycles. The van der Waals surface area contributed by atoms with E-state index < -0.39 is 0 Å². The molecule has 4 rings (SSSR count). The fraction of sp³-hybridized carbons (Fsp3) is 0.375. The standard InChI is InChI=1S/C32H40N2O4S2/c1-17-19(3)31(39-29(17)27-23(35-9)13-21(33(5)6)14-24(27)36-10)32-20(4)18(2)30(40-32)28-25(37-11)15-22(34(7)8)16-26(28)38-12/h13-16H,1-12H3. The molecule has 0 amide bonds. The van der Waals surface area contributed by atoms with Gasteiger partial charge in [0.05, 0.1) is 39.6 Å². The first-order valence-corrected chi connectivity index (χ1v) is 14.7. The quantitative estimate of drug-likeness (QED) is 0.199. The largest absolute Gasteiger partial charge is 0.496 e. The van der Waals surface area contributed by atoms with Gasteiger partial charge in [-0.15, -0.1) is 22.7 Å². The zero-order valence-electron chi connectivity index (χ0n) is 25.7. The molecule has 8 heteroatoms. The molecule has 2 heterocycles. The lowest BCUT2D eigenvalue weighted by molar-refractivity contribution is 0.397. The molecule has 0 radical (unpaired) electrons. The number of thiophene rings is 2. The maximum atomic E-state index is 5.90. The zero-order chi connectivity index (χ0) is 29.5. The molecule has 2 aromatic carbocycles. The second-order valence-electron chi connectivity index (χ2n) is 10.3. The van der Waals surface area contributed by atoms with Gasteiger partial charge in [0.15, 0.2) is 0 Å². The number of ether oxygens (including phenoxy) is 4. The average Bonchev–Trinajstić information content (AvgIpc) is 3.40. The van der Waals surface area contributed by atoms with Crippen molar-refractivity contribution in [3.8, 4) is 53.6 Å². The number of anilines is 2. The van der Waals surface area contributed by atoms with E-state index in [1.807, 2.05) is 28.2 Å². The molecule has 0 saturated carbocycles. The lowest BCUT2D eigenvalue weighted by atomic mass is 10.0. The molecule has 0 aliphatic heterocycles. The molecule has 0 bridgehead atoms. The zero-order valence-corrected chi connectivity index (χ0v) is 27.3. The van der Waals surface area contributed by atoms with Crippen molar-refractivity contribution in [1.29, 1.82) is 0 Å². The van der Waals surface area contributed by atoms with Crippen LogP contribution in [-0.2, 0) is 0 Å². The summed E-state index contributed by atoms with van der Waals surface area (Å²) >= 11 is 3.58. The van der Waals surface area contributed by atoms with Crippen LogP contribution >= 0.6 is 22.7 Å². The van der Waals surface area contributed by atoms with Crippen LogP contribution in [0, 0.1) is 27.7 Å². The second-order valence-corrected chi connectivity index (χ2v) is 12.3. The van der Waals surface area contributed by atoms with Gasteiger partial charge in [-0.2, -0.15) is 0 Å². The van der Waals surface area contributed by atoms with Crippen LogP contribution in [0.2, 0.25) is 0 Å². The first-order valence-electron chi connectivity index (χ1n) is 13.1. The van der Waals surface area contributed by atoms with Gasteiger partial charge in [0.2, 0.25) is 0 Å². The molecule has 6 nitrogen and oxygen atoms in total. The Kier molecular flexibility index (Phi) is 8.61. The van der Waals surface area contributed by atoms with E-state index in [0.717, 1.165) is 55.3 Å². The van der Waals surface area contributed by atoms with Gasteiger partial charge < -0.3 is 28.7 Å². The highest BCUT2D eigenvalue weighted by Crippen LogP contribution is 2.54. The monoisotopic (exact) mass is 580 g/mol. The Morgan fingerprint density at radius 3 is 0.925 bits per heavy atom. The van der Waals surface area contributed by atoms with Gasteiger partial charge in [-0.05, 0) is 49.9 Å². The number of methoxy groups -OCH3 is 4. The van der Waals surface area contributed by atoms with E-state index in [2.05, 4.69) is 61.8 Å². The summed E-state index contributed by atoms with van der Waals surface area (Å²) in [5.41, 5.74) is 9.01. The van der Waals surface area contributed by atoms with Crippen molar-refractivity contribution in [2.75, 3.05) is 66.4 Å². The lowest BCUT2D eigenvalue weighted by Gasteiger charge is -2.19. The van der Waals surface area contributed by atoms with Crippen molar-refractivity contribution in [2.24, 2.45) is 0 Å². The Morgan fingerprint density at radius 2 is 0.700 bits per heavy atom. The van der Waals surface area contributed by atoms with E-state index in [9.17, 15) is 0 Å². The smallest absolute Gasteiger partial charge is 0.133 e. The Bertz CT molecular complexity index is 1380. The second kappa shape index (κ2) is 11.6. The van der Waals surface area contributed by atoms with E-state index in [-0.39, 0.29) is 0 Å². The fourth-order valence-electron chi connectivity index (χ4n) is 4.86. The fourth-order valence-corrected chi connectivity index (χ4v) is 7.84. The highest BCUT2D eigenvalue weighted by Gasteiger charge is 2.27. The van der Waals surface area contributed by atoms with Crippen molar-refractivity contribution in [3.63, 3.8) is 0 Å². The number of rotatable bonds is 9. The Balaban J connectivity index is 1.94. The number of benzene rings is 2. The predicted octanol–water partition coefficient (Wildman–Crippen LogP) is 8.21. The third kappa shape index (κ3) is 4.99. The van der Waals surface area contributed by atoms with Crippen molar-refractivity contribution in [2.45, 2.75) is 27.7 Å². The molecule has 0 aliphatic carbocycles. The van der Waals surface area contributed by atoms with Gasteiger partial charge in [-0.1, -0.05) is 0 Å². The van der Waals surface area contributed by atoms with Crippen LogP contribution in [0.5, 0.6) is 23.0 Å². The molecule has 0 atom stereocenters. The maximum Gasteiger partial charge on any atom is 0.133 e. The molecular weight excluding hydrogens is 540 g/mol. The van der Waals surface area contributed by atoms with Crippen molar-refractivity contribution < 1.29 is 18.9 Å². The first kappa shape index (κ1) is 29.6. The van der Waals surface area contributed by atoms with E-state index in [1.165, 1.54) is 32.0 Å². The SMILES string of the molecule is COc1cc(N(C)C)cc(OC)c1-c1sc(-c2sc(-c3c(OC)cc(N(C)C)cc3OC)c(C)c2C)c(C)c1C. The summed E-state index contributed by atoms with van der Waals surface area (Å²) in [4.78, 5) is 8.94. The summed E-state index contributed by atoms with van der Waals surface area (Å²) in [5, 5.41) is 0. The third-order valence-electron chi connectivity index (χ3n) is 7.57. The minimum atomic E-state index is 0.800. The Labute approximate surface area is 246 Å². The first-order chi connectivity index (χ1) is 19.0. The maximum absolute atomic E-state index is 5.90. The summed E-state index contributed by atoms with van der Waals surface area (Å²) < 4.78 is 23.6. The highest BCUT2D eigenvalue weighted by atomic mass is 32.1. The van der Waals surface area contributed by atoms with Crippen LogP contribution in [0.15, 0.2) is 24.3 Å². The van der Waals surface area contributed by atoms with Crippen LogP contribution in [0.3, 0.4) is 0 Å². The van der Waals surface area contributed by atoms with Crippen LogP contribution in [0.1, 0.15) is 22.3 Å². The molecule has 0 unspecified atom stereocenters. The molecule has 0 fully saturated rings. The molecule has 0 aliphatic rings. The molecule has 0 N–H and O–H groups in total. The molecule has 4 aromatic rings. The van der Waals surface area contributed by atoms with E-state index >= 15 is 0 Å². The molecule has 2 aromatic heterocycles. The van der Waals surface area contributed by atoms with Crippen molar-refractivity contribution >= 4 is 34.0 Å². The summed E-state index contributed by atoms with van der Waals surface area (Å²) in [5.74, 6) is 3.20. The van der Waals surface area contributed by atoms with Gasteiger partial charge in [-0.25, -0.2) is 0 Å². The van der Waals surface area contributed by atoms with Gasteiger partial charge in [-0.3, -0.25) is 0 Å². The van der Waals surface area contributed by atoms with Gasteiger partial charge >= 0.3 is 0 Å². The minimum Gasteiger partial charge on any atom is -0.496 e. The van der Waals surface area contributed by atoms with E-state index in [0.29, 0.717) is 0 Å². The van der Waals surface area contributed by atoms with Gasteiger partial charge in [0, 0.05) is 83.3 Å². The third-order valence-corrected chi connectivity index (χ3v) is 10.6. The lowest BCUT2D eigenvalue weighted by Crippen LogP contribution is -2.09. The van der Waals surface area contributed by atoms with E-state index in [1.54, 1.807) is 51.1 Å². The highest BCUT2D eigenvalue weighted by molar-refractivity contribution is 7.25. The Morgan fingerprint density at radius 1 is 0.450 bits per heavy atom. The van der Waals surface area contributed by atoms with Crippen LogP contribution in [0.4, 0.5) is 11.4 Å². The number of hydrogen-bond acceptors (Lipinski definition) is 8. The Hall–Kier alpha value is -3.36. The number of nitrogens with zero attached hydrogens (tertiary/aromatic N) is 2. The summed E-state index contributed by atoms with van der Waals surface area (Å²) in [6.07, 6.45) is 0. The predicted molar refractivity (Wildman–Crippen MR) is 172 cm³/mol. The average molecular weight is 581 g/mol. The number of hydrogen-bond donors (Lipinski definition) is 0. The summed E-state index contributed by atoms with van der Waals surface area (Å²) in [7, 11) is 14.9. The summed E-state index contributed by atoms with van der Waals surface area (Å²) in [6.45, 7) is 8.79. The van der Waals surface area contributed by atoms with Crippen molar-refractivity contribution in [3.05, 3.63) is 46.5 Å². The summed E-state index contributed by atoms with van der Waals surface area (Å²) in [6, 6.07) is 8.28. The molecule has 0 spiro atoms. The molecular formula is C32H40N2O4S2. The van der Waals surface area contributed by atoms with Gasteiger partial charge in [0.25, 0.3) is 0 Å². The normalized spacial score (nSPS) is 11.0. The van der Waals surface area contributed by atoms with Gasteiger partial charge in [0.1, 0.15) is 23.0 Å². The minimum absolute atomic E-state index is 0.800.